The number of nitrogens with two attached hydrogens (primary N) is 1. The maximum atomic E-state index is 12.3. The molecule has 3 amide bonds. The number of benzene rings is 1. The number of halogens is 2. The van der Waals surface area contributed by atoms with Crippen LogP contribution in [0.2, 0.25) is 10.0 Å². The Balaban J connectivity index is 2.28. The average molecular weight is 359 g/mol. The minimum absolute atomic E-state index is 0.0481. The van der Waals surface area contributed by atoms with E-state index >= 15 is 0 Å². The van der Waals surface area contributed by atoms with Gasteiger partial charge in [0.25, 0.3) is 17.7 Å². The van der Waals surface area contributed by atoms with Crippen molar-refractivity contribution in [2.75, 3.05) is 0 Å². The number of primary amides is 1. The van der Waals surface area contributed by atoms with Gasteiger partial charge in [-0.25, -0.2) is 4.79 Å². The third kappa shape index (κ3) is 3.02. The highest BCUT2D eigenvalue weighted by Crippen LogP contribution is 2.32. The first-order valence-electron chi connectivity index (χ1n) is 6.52. The molecule has 0 aliphatic carbocycles. The molecule has 122 valence electrons. The van der Waals surface area contributed by atoms with Crippen molar-refractivity contribution >= 4 is 46.9 Å². The number of fused-ring (bicyclic) bond motifs is 1. The number of hydrogen-bond acceptors (Lipinski definition) is 5. The molecule has 0 saturated heterocycles. The average Bonchev–Trinajstić information content (AvgIpc) is 2.70. The molecule has 23 heavy (non-hydrogen) atoms. The number of hydrogen-bond donors (Lipinski definition) is 1. The van der Waals surface area contributed by atoms with Crippen molar-refractivity contribution in [1.29, 1.82) is 0 Å². The Morgan fingerprint density at radius 1 is 1.09 bits per heavy atom. The molecule has 9 heteroatoms. The molecule has 1 aromatic rings. The van der Waals surface area contributed by atoms with Crippen LogP contribution in [0, 0.1) is 0 Å². The van der Waals surface area contributed by atoms with E-state index in [2.05, 4.69) is 0 Å². The molecule has 1 aliphatic rings. The van der Waals surface area contributed by atoms with E-state index in [4.69, 9.17) is 33.7 Å². The van der Waals surface area contributed by atoms with Crippen LogP contribution in [0.25, 0.3) is 0 Å². The third-order valence-electron chi connectivity index (χ3n) is 3.38. The van der Waals surface area contributed by atoms with E-state index in [-0.39, 0.29) is 21.2 Å². The monoisotopic (exact) mass is 358 g/mol. The smallest absolute Gasteiger partial charge is 0.329 e. The van der Waals surface area contributed by atoms with Crippen molar-refractivity contribution in [2.45, 2.75) is 26.0 Å². The minimum Gasteiger partial charge on any atom is -0.451 e. The number of nitrogens with zero attached hydrogens (tertiary/aromatic N) is 1. The van der Waals surface area contributed by atoms with Gasteiger partial charge in [0.1, 0.15) is 6.04 Å². The number of rotatable bonds is 4. The maximum absolute atomic E-state index is 12.3. The fourth-order valence-corrected chi connectivity index (χ4v) is 2.37. The van der Waals surface area contributed by atoms with E-state index in [0.717, 1.165) is 4.90 Å². The molecule has 2 N–H and O–H groups in total. The van der Waals surface area contributed by atoms with Gasteiger partial charge >= 0.3 is 5.97 Å². The van der Waals surface area contributed by atoms with Crippen molar-refractivity contribution in [3.05, 3.63) is 33.3 Å². The van der Waals surface area contributed by atoms with E-state index in [1.165, 1.54) is 26.0 Å². The summed E-state index contributed by atoms with van der Waals surface area (Å²) in [6, 6.07) is 1.30. The topological polar surface area (TPSA) is 107 Å². The van der Waals surface area contributed by atoms with Gasteiger partial charge in [-0.2, -0.15) is 0 Å². The molecule has 0 radical (unpaired) electrons. The summed E-state index contributed by atoms with van der Waals surface area (Å²) in [5.41, 5.74) is 5.10. The highest BCUT2D eigenvalue weighted by molar-refractivity contribution is 6.43. The molecular weight excluding hydrogens is 347 g/mol. The van der Waals surface area contributed by atoms with Crippen molar-refractivity contribution < 1.29 is 23.9 Å². The second-order valence-corrected chi connectivity index (χ2v) is 5.76. The Kier molecular flexibility index (Phi) is 4.63. The predicted molar refractivity (Wildman–Crippen MR) is 81.2 cm³/mol. The molecule has 0 saturated carbocycles. The zero-order valence-electron chi connectivity index (χ0n) is 12.1. The Bertz CT molecular complexity index is 693. The fourth-order valence-electron chi connectivity index (χ4n) is 2.04. The van der Waals surface area contributed by atoms with Gasteiger partial charge < -0.3 is 10.5 Å². The summed E-state index contributed by atoms with van der Waals surface area (Å²) >= 11 is 11.7. The molecule has 1 heterocycles. The van der Waals surface area contributed by atoms with E-state index < -0.39 is 35.8 Å². The van der Waals surface area contributed by atoms with E-state index in [1.54, 1.807) is 0 Å². The lowest BCUT2D eigenvalue weighted by atomic mass is 10.1. The molecule has 0 aromatic heterocycles. The van der Waals surface area contributed by atoms with Gasteiger partial charge in [0.05, 0.1) is 21.2 Å². The van der Waals surface area contributed by atoms with Crippen molar-refractivity contribution in [2.24, 2.45) is 5.73 Å². The molecule has 7 nitrogen and oxygen atoms in total. The predicted octanol–water partition coefficient (Wildman–Crippen LogP) is 1.39. The highest BCUT2D eigenvalue weighted by atomic mass is 35.5. The van der Waals surface area contributed by atoms with Crippen molar-refractivity contribution in [1.82, 2.24) is 4.90 Å². The molecular formula is C14H12Cl2N2O5. The van der Waals surface area contributed by atoms with Crippen LogP contribution in [0.4, 0.5) is 0 Å². The zero-order valence-corrected chi connectivity index (χ0v) is 13.6. The second-order valence-electron chi connectivity index (χ2n) is 4.95. The minimum atomic E-state index is -1.23. The first kappa shape index (κ1) is 17.2. The quantitative estimate of drug-likeness (QED) is 0.646. The van der Waals surface area contributed by atoms with Crippen LogP contribution in [0.15, 0.2) is 12.1 Å². The van der Waals surface area contributed by atoms with E-state index in [1.807, 2.05) is 0 Å². The summed E-state index contributed by atoms with van der Waals surface area (Å²) in [5.74, 6) is -3.16. The van der Waals surface area contributed by atoms with E-state index in [0.29, 0.717) is 0 Å². The molecule has 0 spiro atoms. The SMILES string of the molecule is C[C@H](OC(=O)[C@H](C)N1C(=O)c2cc(Cl)c(Cl)cc2C1=O)C(N)=O. The first-order chi connectivity index (χ1) is 10.6. The van der Waals surface area contributed by atoms with Crippen LogP contribution < -0.4 is 5.73 Å². The molecule has 2 rings (SSSR count). The molecule has 0 fully saturated rings. The van der Waals surface area contributed by atoms with E-state index in [9.17, 15) is 19.2 Å². The highest BCUT2D eigenvalue weighted by Gasteiger charge is 2.42. The number of carbonyl (C=O) groups is 4. The summed E-state index contributed by atoms with van der Waals surface area (Å²) in [6.07, 6.45) is -1.18. The number of imide groups is 1. The first-order valence-corrected chi connectivity index (χ1v) is 7.27. The van der Waals surface area contributed by atoms with Crippen molar-refractivity contribution in [3.63, 3.8) is 0 Å². The van der Waals surface area contributed by atoms with Crippen LogP contribution >= 0.6 is 23.2 Å². The van der Waals surface area contributed by atoms with Gasteiger partial charge in [-0.1, -0.05) is 23.2 Å². The summed E-state index contributed by atoms with van der Waals surface area (Å²) in [5, 5.41) is 0.233. The van der Waals surface area contributed by atoms with Gasteiger partial charge in [-0.05, 0) is 26.0 Å². The molecule has 0 bridgehead atoms. The third-order valence-corrected chi connectivity index (χ3v) is 4.10. The van der Waals surface area contributed by atoms with Crippen molar-refractivity contribution in [3.8, 4) is 0 Å². The zero-order chi connectivity index (χ0) is 17.5. The maximum Gasteiger partial charge on any atom is 0.329 e. The number of ether oxygens (including phenoxy) is 1. The van der Waals surface area contributed by atoms with Crippen LogP contribution in [-0.4, -0.2) is 40.7 Å². The lowest BCUT2D eigenvalue weighted by molar-refractivity contribution is -0.157. The summed E-state index contributed by atoms with van der Waals surface area (Å²) in [6.45, 7) is 2.59. The van der Waals surface area contributed by atoms with Gasteiger partial charge in [0, 0.05) is 0 Å². The standard InChI is InChI=1S/C14H12Cl2N2O5/c1-5(14(22)23-6(2)11(17)19)18-12(20)7-3-9(15)10(16)4-8(7)13(18)21/h3-6H,1-2H3,(H2,17,19)/t5-,6-/m0/s1. The Morgan fingerprint density at radius 3 is 1.91 bits per heavy atom. The lowest BCUT2D eigenvalue weighted by Gasteiger charge is -2.22. The lowest BCUT2D eigenvalue weighted by Crippen LogP contribution is -2.45. The van der Waals surface area contributed by atoms with Crippen LogP contribution in [0.5, 0.6) is 0 Å². The molecule has 0 unspecified atom stereocenters. The molecule has 1 aromatic carbocycles. The van der Waals surface area contributed by atoms with Gasteiger partial charge in [0.15, 0.2) is 6.10 Å². The second kappa shape index (κ2) is 6.17. The summed E-state index contributed by atoms with van der Waals surface area (Å²) in [7, 11) is 0. The Labute approximate surface area is 141 Å². The Morgan fingerprint density at radius 2 is 1.52 bits per heavy atom. The Hall–Kier alpha value is -2.12. The fraction of sp³-hybridized carbons (Fsp3) is 0.286. The summed E-state index contributed by atoms with van der Waals surface area (Å²) < 4.78 is 4.82. The largest absolute Gasteiger partial charge is 0.451 e. The van der Waals surface area contributed by atoms with Crippen LogP contribution in [-0.2, 0) is 14.3 Å². The summed E-state index contributed by atoms with van der Waals surface area (Å²) in [4.78, 5) is 48.3. The molecule has 2 atom stereocenters. The van der Waals surface area contributed by atoms with Crippen LogP contribution in [0.3, 0.4) is 0 Å². The molecule has 1 aliphatic heterocycles. The normalized spacial score (nSPS) is 16.1. The van der Waals surface area contributed by atoms with Crippen LogP contribution in [0.1, 0.15) is 34.6 Å². The number of carbonyl (C=O) groups excluding carboxylic acids is 4. The van der Waals surface area contributed by atoms with Gasteiger partial charge in [-0.15, -0.1) is 0 Å². The van der Waals surface area contributed by atoms with Gasteiger partial charge in [0.2, 0.25) is 0 Å². The van der Waals surface area contributed by atoms with Gasteiger partial charge in [-0.3, -0.25) is 19.3 Å². The number of esters is 1. The number of amides is 3.